The van der Waals surface area contributed by atoms with E-state index in [0.717, 1.165) is 28.1 Å². The Morgan fingerprint density at radius 1 is 1.19 bits per heavy atom. The zero-order valence-corrected chi connectivity index (χ0v) is 12.3. The van der Waals surface area contributed by atoms with E-state index in [9.17, 15) is 5.11 Å². The van der Waals surface area contributed by atoms with Gasteiger partial charge in [0.2, 0.25) is 0 Å². The highest BCUT2D eigenvalue weighted by Crippen LogP contribution is 2.23. The molecular formula is C16H18N4O. The number of anilines is 1. The summed E-state index contributed by atoms with van der Waals surface area (Å²) in [4.78, 5) is 4.57. The van der Waals surface area contributed by atoms with Crippen molar-refractivity contribution < 1.29 is 5.11 Å². The summed E-state index contributed by atoms with van der Waals surface area (Å²) in [7, 11) is 0. The largest absolute Gasteiger partial charge is 0.508 e. The molecule has 3 rings (SSSR count). The first-order valence-electron chi connectivity index (χ1n) is 6.96. The minimum absolute atomic E-state index is 0.217. The topological polar surface area (TPSA) is 63.0 Å². The molecule has 5 heteroatoms. The summed E-state index contributed by atoms with van der Waals surface area (Å²) in [6.07, 6.45) is 1.88. The van der Waals surface area contributed by atoms with E-state index in [1.165, 1.54) is 0 Å². The van der Waals surface area contributed by atoms with Gasteiger partial charge in [-0.25, -0.2) is 9.67 Å². The molecule has 1 aromatic carbocycles. The average molecular weight is 282 g/mol. The molecule has 21 heavy (non-hydrogen) atoms. The van der Waals surface area contributed by atoms with Crippen molar-refractivity contribution in [1.29, 1.82) is 0 Å². The van der Waals surface area contributed by atoms with Gasteiger partial charge in [-0.15, -0.1) is 5.10 Å². The van der Waals surface area contributed by atoms with Gasteiger partial charge in [-0.2, -0.15) is 0 Å². The Morgan fingerprint density at radius 2 is 2.00 bits per heavy atom. The van der Waals surface area contributed by atoms with Gasteiger partial charge in [0, 0.05) is 29.8 Å². The molecule has 0 fully saturated rings. The van der Waals surface area contributed by atoms with Crippen LogP contribution in [0.4, 0.5) is 5.82 Å². The van der Waals surface area contributed by atoms with Crippen molar-refractivity contribution in [1.82, 2.24) is 14.8 Å². The molecule has 2 heterocycles. The predicted octanol–water partition coefficient (Wildman–Crippen LogP) is 3.25. The number of fused-ring (bicyclic) bond motifs is 1. The number of rotatable bonds is 3. The molecular weight excluding hydrogens is 264 g/mol. The van der Waals surface area contributed by atoms with Gasteiger partial charge < -0.3 is 10.4 Å². The second kappa shape index (κ2) is 5.09. The van der Waals surface area contributed by atoms with Gasteiger partial charge in [-0.05, 0) is 44.5 Å². The van der Waals surface area contributed by atoms with E-state index < -0.39 is 0 Å². The van der Waals surface area contributed by atoms with Crippen LogP contribution in [-0.4, -0.2) is 25.9 Å². The molecule has 0 saturated carbocycles. The fraction of sp³-hybridized carbons (Fsp3) is 0.250. The molecule has 0 aliphatic rings. The van der Waals surface area contributed by atoms with Gasteiger partial charge in [-0.3, -0.25) is 0 Å². The lowest BCUT2D eigenvalue weighted by atomic mass is 10.1. The summed E-state index contributed by atoms with van der Waals surface area (Å²) in [5.74, 6) is 1.78. The summed E-state index contributed by atoms with van der Waals surface area (Å²) in [5.41, 5.74) is 1.86. The van der Waals surface area contributed by atoms with Crippen LogP contribution in [0.2, 0.25) is 0 Å². The molecule has 0 saturated heterocycles. The third-order valence-electron chi connectivity index (χ3n) is 3.25. The van der Waals surface area contributed by atoms with E-state index in [0.29, 0.717) is 6.04 Å². The maximum atomic E-state index is 9.61. The number of pyridine rings is 1. The normalized spacial score (nSPS) is 11.2. The molecule has 0 bridgehead atoms. The fourth-order valence-corrected chi connectivity index (χ4v) is 2.31. The quantitative estimate of drug-likeness (QED) is 0.774. The SMILES string of the molecule is Cc1cc(-n2ccc(NC(C)C)n2)nc2cc(O)ccc12. The van der Waals surface area contributed by atoms with Gasteiger partial charge in [-0.1, -0.05) is 0 Å². The molecule has 0 radical (unpaired) electrons. The first-order valence-corrected chi connectivity index (χ1v) is 6.96. The number of nitrogens with zero attached hydrogens (tertiary/aromatic N) is 3. The average Bonchev–Trinajstić information content (AvgIpc) is 2.85. The van der Waals surface area contributed by atoms with Crippen molar-refractivity contribution >= 4 is 16.7 Å². The second-order valence-corrected chi connectivity index (χ2v) is 5.44. The van der Waals surface area contributed by atoms with Crippen LogP contribution in [0.15, 0.2) is 36.5 Å². The smallest absolute Gasteiger partial charge is 0.154 e. The molecule has 3 aromatic rings. The van der Waals surface area contributed by atoms with Crippen LogP contribution in [0.3, 0.4) is 0 Å². The number of aromatic nitrogens is 3. The Bertz CT molecular complexity index is 792. The highest BCUT2D eigenvalue weighted by atomic mass is 16.3. The lowest BCUT2D eigenvalue weighted by Crippen LogP contribution is -2.10. The van der Waals surface area contributed by atoms with Crippen molar-refractivity contribution in [2.75, 3.05) is 5.32 Å². The van der Waals surface area contributed by atoms with E-state index in [2.05, 4.69) is 29.2 Å². The highest BCUT2D eigenvalue weighted by Gasteiger charge is 2.07. The Labute approximate surface area is 123 Å². The Hall–Kier alpha value is -2.56. The third kappa shape index (κ3) is 2.67. The number of hydrogen-bond donors (Lipinski definition) is 2. The van der Waals surface area contributed by atoms with Gasteiger partial charge in [0.1, 0.15) is 11.6 Å². The standard InChI is InChI=1S/C16H18N4O/c1-10(2)17-15-6-7-20(19-15)16-8-11(3)13-5-4-12(21)9-14(13)18-16/h4-10,21H,1-3H3,(H,17,19). The second-order valence-electron chi connectivity index (χ2n) is 5.44. The predicted molar refractivity (Wildman–Crippen MR) is 84.0 cm³/mol. The Morgan fingerprint density at radius 3 is 2.76 bits per heavy atom. The monoisotopic (exact) mass is 282 g/mol. The van der Waals surface area contributed by atoms with Crippen molar-refractivity contribution in [2.45, 2.75) is 26.8 Å². The summed E-state index contributed by atoms with van der Waals surface area (Å²) >= 11 is 0. The van der Waals surface area contributed by atoms with Crippen molar-refractivity contribution in [3.05, 3.63) is 42.1 Å². The minimum atomic E-state index is 0.217. The third-order valence-corrected chi connectivity index (χ3v) is 3.25. The molecule has 108 valence electrons. The Balaban J connectivity index is 2.06. The first kappa shape index (κ1) is 13.4. The van der Waals surface area contributed by atoms with Crippen LogP contribution < -0.4 is 5.32 Å². The summed E-state index contributed by atoms with van der Waals surface area (Å²) in [6.45, 7) is 6.17. The maximum absolute atomic E-state index is 9.61. The highest BCUT2D eigenvalue weighted by molar-refractivity contribution is 5.84. The lowest BCUT2D eigenvalue weighted by molar-refractivity contribution is 0.476. The number of benzene rings is 1. The van der Waals surface area contributed by atoms with Gasteiger partial charge in [0.15, 0.2) is 5.82 Å². The number of aromatic hydroxyl groups is 1. The van der Waals surface area contributed by atoms with Crippen molar-refractivity contribution in [3.63, 3.8) is 0 Å². The number of nitrogens with one attached hydrogen (secondary N) is 1. The van der Waals surface area contributed by atoms with Crippen LogP contribution in [0.5, 0.6) is 5.75 Å². The number of phenolic OH excluding ortho intramolecular Hbond substituents is 1. The van der Waals surface area contributed by atoms with Crippen LogP contribution in [0, 0.1) is 6.92 Å². The summed E-state index contributed by atoms with van der Waals surface area (Å²) in [5, 5.41) is 18.4. The molecule has 2 N–H and O–H groups in total. The molecule has 0 amide bonds. The van der Waals surface area contributed by atoms with Crippen LogP contribution >= 0.6 is 0 Å². The van der Waals surface area contributed by atoms with Crippen LogP contribution in [0.1, 0.15) is 19.4 Å². The van der Waals surface area contributed by atoms with Gasteiger partial charge in [0.25, 0.3) is 0 Å². The molecule has 0 atom stereocenters. The minimum Gasteiger partial charge on any atom is -0.508 e. The van der Waals surface area contributed by atoms with Crippen LogP contribution in [0.25, 0.3) is 16.7 Å². The number of hydrogen-bond acceptors (Lipinski definition) is 4. The number of phenols is 1. The van der Waals surface area contributed by atoms with E-state index in [1.807, 2.05) is 31.3 Å². The van der Waals surface area contributed by atoms with Crippen molar-refractivity contribution in [3.8, 4) is 11.6 Å². The Kier molecular flexibility index (Phi) is 3.25. The molecule has 5 nitrogen and oxygen atoms in total. The van der Waals surface area contributed by atoms with E-state index in [1.54, 1.807) is 16.8 Å². The first-order chi connectivity index (χ1) is 10.0. The summed E-state index contributed by atoms with van der Waals surface area (Å²) in [6, 6.07) is 9.47. The van der Waals surface area contributed by atoms with E-state index in [4.69, 9.17) is 0 Å². The molecule has 0 spiro atoms. The lowest BCUT2D eigenvalue weighted by Gasteiger charge is -2.08. The summed E-state index contributed by atoms with van der Waals surface area (Å²) < 4.78 is 1.74. The van der Waals surface area contributed by atoms with E-state index in [-0.39, 0.29) is 5.75 Å². The molecule has 0 unspecified atom stereocenters. The molecule has 2 aromatic heterocycles. The maximum Gasteiger partial charge on any atom is 0.154 e. The fourth-order valence-electron chi connectivity index (χ4n) is 2.31. The number of aryl methyl sites for hydroxylation is 1. The van der Waals surface area contributed by atoms with Crippen molar-refractivity contribution in [2.24, 2.45) is 0 Å². The van der Waals surface area contributed by atoms with Crippen LogP contribution in [-0.2, 0) is 0 Å². The van der Waals surface area contributed by atoms with Gasteiger partial charge >= 0.3 is 0 Å². The zero-order valence-electron chi connectivity index (χ0n) is 12.3. The van der Waals surface area contributed by atoms with E-state index >= 15 is 0 Å². The molecule has 0 aliphatic heterocycles. The molecule has 0 aliphatic carbocycles. The zero-order chi connectivity index (χ0) is 15.0. The van der Waals surface area contributed by atoms with Gasteiger partial charge in [0.05, 0.1) is 5.52 Å².